The predicted octanol–water partition coefficient (Wildman–Crippen LogP) is 4.71. The molecule has 0 fully saturated rings. The molecule has 1 heterocycles. The number of ether oxygens (including phenoxy) is 1. The Morgan fingerprint density at radius 3 is 2.23 bits per heavy atom. The summed E-state index contributed by atoms with van der Waals surface area (Å²) >= 11 is 0. The number of anilines is 2. The van der Waals surface area contributed by atoms with E-state index in [2.05, 4.69) is 5.32 Å². The zero-order valence-corrected chi connectivity index (χ0v) is 17.1. The van der Waals surface area contributed by atoms with Gasteiger partial charge in [-0.3, -0.25) is 9.59 Å². The quantitative estimate of drug-likeness (QED) is 0.633. The number of para-hydroxylation sites is 2. The van der Waals surface area contributed by atoms with Gasteiger partial charge in [0, 0.05) is 11.3 Å². The third-order valence-corrected chi connectivity index (χ3v) is 5.10. The number of aryl methyl sites for hydroxylation is 2. The van der Waals surface area contributed by atoms with Gasteiger partial charge >= 0.3 is 0 Å². The van der Waals surface area contributed by atoms with Crippen LogP contribution < -0.4 is 15.0 Å². The van der Waals surface area contributed by atoms with Crippen molar-refractivity contribution in [3.05, 3.63) is 95.2 Å². The Kier molecular flexibility index (Phi) is 5.11. The molecule has 150 valence electrons. The lowest BCUT2D eigenvalue weighted by Crippen LogP contribution is -2.33. The summed E-state index contributed by atoms with van der Waals surface area (Å²) in [6.07, 6.45) is 0. The van der Waals surface area contributed by atoms with Crippen LogP contribution >= 0.6 is 0 Å². The van der Waals surface area contributed by atoms with Gasteiger partial charge in [0.2, 0.25) is 0 Å². The first-order valence-electron chi connectivity index (χ1n) is 9.67. The van der Waals surface area contributed by atoms with Crippen LogP contribution in [0.4, 0.5) is 11.4 Å². The van der Waals surface area contributed by atoms with Crippen molar-refractivity contribution in [3.8, 4) is 5.75 Å². The van der Waals surface area contributed by atoms with Gasteiger partial charge in [0.15, 0.2) is 0 Å². The number of hydrogen-bond donors (Lipinski definition) is 1. The topological polar surface area (TPSA) is 58.6 Å². The van der Waals surface area contributed by atoms with Gasteiger partial charge in [-0.05, 0) is 43.7 Å². The third-order valence-electron chi connectivity index (χ3n) is 5.10. The van der Waals surface area contributed by atoms with Gasteiger partial charge in [-0.1, -0.05) is 54.1 Å². The van der Waals surface area contributed by atoms with Crippen molar-refractivity contribution in [3.63, 3.8) is 0 Å². The highest BCUT2D eigenvalue weighted by Crippen LogP contribution is 2.38. The Hall–Kier alpha value is -3.86. The average Bonchev–Trinajstić information content (AvgIpc) is 2.98. The van der Waals surface area contributed by atoms with Gasteiger partial charge in [0.25, 0.3) is 11.8 Å². The van der Waals surface area contributed by atoms with Crippen molar-refractivity contribution in [2.24, 2.45) is 0 Å². The highest BCUT2D eigenvalue weighted by Gasteiger charge is 2.41. The number of imide groups is 1. The number of nitrogens with one attached hydrogen (secondary N) is 1. The summed E-state index contributed by atoms with van der Waals surface area (Å²) in [6.45, 7) is 3.87. The predicted molar refractivity (Wildman–Crippen MR) is 118 cm³/mol. The van der Waals surface area contributed by atoms with Gasteiger partial charge in [-0.25, -0.2) is 4.90 Å². The van der Waals surface area contributed by atoms with Crippen LogP contribution in [0.3, 0.4) is 0 Å². The first kappa shape index (κ1) is 19.5. The molecule has 30 heavy (non-hydrogen) atoms. The Bertz CT molecular complexity index is 1170. The fraction of sp³-hybridized carbons (Fsp3) is 0.120. The fourth-order valence-corrected chi connectivity index (χ4v) is 3.69. The molecule has 4 rings (SSSR count). The molecule has 5 nitrogen and oxygen atoms in total. The van der Waals surface area contributed by atoms with Crippen molar-refractivity contribution >= 4 is 28.8 Å². The number of benzene rings is 3. The van der Waals surface area contributed by atoms with Gasteiger partial charge in [-0.15, -0.1) is 0 Å². The average molecular weight is 398 g/mol. The molecule has 1 aliphatic heterocycles. The molecule has 0 saturated carbocycles. The molecule has 0 spiro atoms. The molecule has 0 saturated heterocycles. The van der Waals surface area contributed by atoms with E-state index in [0.29, 0.717) is 22.6 Å². The molecule has 1 aliphatic rings. The second-order valence-electron chi connectivity index (χ2n) is 7.18. The first-order chi connectivity index (χ1) is 14.5. The van der Waals surface area contributed by atoms with E-state index >= 15 is 0 Å². The zero-order valence-electron chi connectivity index (χ0n) is 17.1. The molecule has 3 aromatic rings. The largest absolute Gasteiger partial charge is 0.496 e. The summed E-state index contributed by atoms with van der Waals surface area (Å²) in [5.74, 6) is -0.241. The molecule has 0 unspecified atom stereocenters. The molecule has 0 aromatic heterocycles. The summed E-state index contributed by atoms with van der Waals surface area (Å²) < 4.78 is 5.48. The molecule has 0 aliphatic carbocycles. The second kappa shape index (κ2) is 7.87. The number of carbonyl (C=O) groups excluding carboxylic acids is 2. The number of amides is 2. The summed E-state index contributed by atoms with van der Waals surface area (Å²) in [7, 11) is 1.55. The van der Waals surface area contributed by atoms with E-state index in [1.807, 2.05) is 74.5 Å². The SMILES string of the molecule is COc1ccccc1C1=C(Nc2ccccc2)C(=O)N(c2ccc(C)cc2C)C1=O. The molecule has 2 amide bonds. The van der Waals surface area contributed by atoms with Crippen LogP contribution in [-0.4, -0.2) is 18.9 Å². The smallest absolute Gasteiger partial charge is 0.282 e. The molecule has 1 N–H and O–H groups in total. The maximum Gasteiger partial charge on any atom is 0.282 e. The molecule has 0 atom stereocenters. The van der Waals surface area contributed by atoms with Gasteiger partial charge in [0.05, 0.1) is 18.4 Å². The minimum Gasteiger partial charge on any atom is -0.496 e. The summed E-state index contributed by atoms with van der Waals surface area (Å²) in [5, 5.41) is 3.16. The molecule has 5 heteroatoms. The van der Waals surface area contributed by atoms with E-state index in [1.165, 1.54) is 4.90 Å². The van der Waals surface area contributed by atoms with E-state index in [-0.39, 0.29) is 11.6 Å². The van der Waals surface area contributed by atoms with Crippen molar-refractivity contribution in [1.82, 2.24) is 0 Å². The van der Waals surface area contributed by atoms with Crippen LogP contribution in [0.15, 0.2) is 78.5 Å². The maximum atomic E-state index is 13.6. The highest BCUT2D eigenvalue weighted by molar-refractivity contribution is 6.46. The van der Waals surface area contributed by atoms with Crippen LogP contribution in [0, 0.1) is 13.8 Å². The van der Waals surface area contributed by atoms with E-state index < -0.39 is 5.91 Å². The Labute approximate surface area is 175 Å². The first-order valence-corrected chi connectivity index (χ1v) is 9.67. The second-order valence-corrected chi connectivity index (χ2v) is 7.18. The van der Waals surface area contributed by atoms with E-state index in [1.54, 1.807) is 19.2 Å². The Morgan fingerprint density at radius 2 is 1.53 bits per heavy atom. The lowest BCUT2D eigenvalue weighted by molar-refractivity contribution is -0.120. The van der Waals surface area contributed by atoms with E-state index in [4.69, 9.17) is 4.74 Å². The van der Waals surface area contributed by atoms with Crippen molar-refractivity contribution in [1.29, 1.82) is 0 Å². The van der Waals surface area contributed by atoms with Gasteiger partial charge < -0.3 is 10.1 Å². The molecular formula is C25H22N2O3. The molecule has 3 aromatic carbocycles. The van der Waals surface area contributed by atoms with Crippen LogP contribution in [0.25, 0.3) is 5.57 Å². The minimum atomic E-state index is -0.392. The highest BCUT2D eigenvalue weighted by atomic mass is 16.5. The standard InChI is InChI=1S/C25H22N2O3/c1-16-13-14-20(17(2)15-16)27-24(28)22(19-11-7-8-12-21(19)30-3)23(25(27)29)26-18-9-5-4-6-10-18/h4-15,26H,1-3H3. The normalized spacial score (nSPS) is 13.8. The molecule has 0 radical (unpaired) electrons. The lowest BCUT2D eigenvalue weighted by Gasteiger charge is -2.18. The monoisotopic (exact) mass is 398 g/mol. The van der Waals surface area contributed by atoms with Crippen LogP contribution in [-0.2, 0) is 9.59 Å². The minimum absolute atomic E-state index is 0.232. The fourth-order valence-electron chi connectivity index (χ4n) is 3.69. The summed E-state index contributed by atoms with van der Waals surface area (Å²) in [6, 6.07) is 22.2. The van der Waals surface area contributed by atoms with Crippen LogP contribution in [0.1, 0.15) is 16.7 Å². The van der Waals surface area contributed by atoms with Gasteiger partial charge in [-0.2, -0.15) is 0 Å². The Balaban J connectivity index is 1.88. The van der Waals surface area contributed by atoms with Crippen LogP contribution in [0.5, 0.6) is 5.75 Å². The van der Waals surface area contributed by atoms with E-state index in [9.17, 15) is 9.59 Å². The van der Waals surface area contributed by atoms with Crippen LogP contribution in [0.2, 0.25) is 0 Å². The number of methoxy groups -OCH3 is 1. The van der Waals surface area contributed by atoms with Crippen molar-refractivity contribution < 1.29 is 14.3 Å². The summed E-state index contributed by atoms with van der Waals surface area (Å²) in [4.78, 5) is 28.3. The lowest BCUT2D eigenvalue weighted by atomic mass is 10.0. The molecular weight excluding hydrogens is 376 g/mol. The number of nitrogens with zero attached hydrogens (tertiary/aromatic N) is 1. The van der Waals surface area contributed by atoms with Crippen molar-refractivity contribution in [2.75, 3.05) is 17.3 Å². The van der Waals surface area contributed by atoms with E-state index in [0.717, 1.165) is 16.8 Å². The molecule has 0 bridgehead atoms. The number of hydrogen-bond acceptors (Lipinski definition) is 4. The maximum absolute atomic E-state index is 13.6. The van der Waals surface area contributed by atoms with Crippen molar-refractivity contribution in [2.45, 2.75) is 13.8 Å². The summed E-state index contributed by atoms with van der Waals surface area (Å²) in [5.41, 5.74) is 4.32. The van der Waals surface area contributed by atoms with Gasteiger partial charge in [0.1, 0.15) is 11.4 Å². The Morgan fingerprint density at radius 1 is 0.833 bits per heavy atom. The third kappa shape index (κ3) is 3.35. The number of carbonyl (C=O) groups is 2. The number of rotatable bonds is 5. The zero-order chi connectivity index (χ0) is 21.3.